The first-order chi connectivity index (χ1) is 4.75. The lowest BCUT2D eigenvalue weighted by molar-refractivity contribution is 0.0979. The second-order valence-electron chi connectivity index (χ2n) is 2.75. The summed E-state index contributed by atoms with van der Waals surface area (Å²) in [6.07, 6.45) is -0.287. The largest absolute Gasteiger partial charge is 0.389 e. The van der Waals surface area contributed by atoms with Crippen molar-refractivity contribution >= 4 is 0 Å². The van der Waals surface area contributed by atoms with E-state index in [0.717, 1.165) is 6.54 Å². The molecule has 1 N–H and O–H groups in total. The fourth-order valence-electron chi connectivity index (χ4n) is 1.19. The van der Waals surface area contributed by atoms with Gasteiger partial charge in [-0.2, -0.15) is 0 Å². The Balaban J connectivity index is 2.38. The maximum Gasteiger partial charge on any atom is 0.0950 e. The van der Waals surface area contributed by atoms with E-state index in [4.69, 9.17) is 4.74 Å². The number of likely N-dealkylation sites (N-methyl/N-ethyl adjacent to an activating group) is 1. The van der Waals surface area contributed by atoms with Crippen molar-refractivity contribution in [3.8, 4) is 0 Å². The summed E-state index contributed by atoms with van der Waals surface area (Å²) in [5, 5.41) is 9.32. The van der Waals surface area contributed by atoms with Crippen LogP contribution in [0.2, 0.25) is 0 Å². The fourth-order valence-corrected chi connectivity index (χ4v) is 1.19. The molecule has 0 bridgehead atoms. The number of hydrogen-bond acceptors (Lipinski definition) is 3. The van der Waals surface area contributed by atoms with Gasteiger partial charge in [-0.05, 0) is 13.6 Å². The summed E-state index contributed by atoms with van der Waals surface area (Å²) in [6, 6.07) is 0.213. The lowest BCUT2D eigenvalue weighted by Gasteiger charge is -2.23. The fraction of sp³-hybridized carbons (Fsp3) is 1.00. The smallest absolute Gasteiger partial charge is 0.0950 e. The maximum atomic E-state index is 9.32. The molecule has 1 fully saturated rings. The van der Waals surface area contributed by atoms with E-state index in [1.165, 1.54) is 0 Å². The lowest BCUT2D eigenvalue weighted by Crippen LogP contribution is -2.40. The summed E-state index contributed by atoms with van der Waals surface area (Å²) in [6.45, 7) is 4.20. The molecular formula is C7H15NO2. The molecule has 1 aliphatic rings. The average Bonchev–Trinajstić information content (AvgIpc) is 2.34. The van der Waals surface area contributed by atoms with Gasteiger partial charge in [0.1, 0.15) is 0 Å². The minimum Gasteiger partial charge on any atom is -0.389 e. The molecule has 0 saturated carbocycles. The number of aliphatic hydroxyl groups excluding tert-OH is 1. The Morgan fingerprint density at radius 2 is 2.30 bits per heavy atom. The predicted molar refractivity (Wildman–Crippen MR) is 38.9 cm³/mol. The first-order valence-electron chi connectivity index (χ1n) is 3.71. The molecule has 3 heteroatoms. The molecule has 10 heavy (non-hydrogen) atoms. The molecule has 0 amide bonds. The molecule has 0 aromatic carbocycles. The third kappa shape index (κ3) is 1.48. The number of aliphatic hydroxyl groups is 1. The van der Waals surface area contributed by atoms with Gasteiger partial charge in [-0.3, -0.25) is 4.90 Å². The number of nitrogens with zero attached hydrogens (tertiary/aromatic N) is 1. The topological polar surface area (TPSA) is 32.7 Å². The van der Waals surface area contributed by atoms with Crippen LogP contribution in [0, 0.1) is 0 Å². The third-order valence-corrected chi connectivity index (χ3v) is 2.09. The summed E-state index contributed by atoms with van der Waals surface area (Å²) in [4.78, 5) is 2.11. The predicted octanol–water partition coefficient (Wildman–Crippen LogP) is -0.302. The molecular weight excluding hydrogens is 130 g/mol. The van der Waals surface area contributed by atoms with Crippen LogP contribution in [0.3, 0.4) is 0 Å². The van der Waals surface area contributed by atoms with Gasteiger partial charge in [0.2, 0.25) is 0 Å². The van der Waals surface area contributed by atoms with Crippen LogP contribution < -0.4 is 0 Å². The van der Waals surface area contributed by atoms with Crippen molar-refractivity contribution in [2.45, 2.75) is 19.1 Å². The molecule has 0 radical (unpaired) electrons. The zero-order valence-corrected chi connectivity index (χ0v) is 6.58. The van der Waals surface area contributed by atoms with Gasteiger partial charge in [0.15, 0.2) is 0 Å². The van der Waals surface area contributed by atoms with E-state index < -0.39 is 0 Å². The second kappa shape index (κ2) is 3.32. The molecule has 2 atom stereocenters. The Morgan fingerprint density at radius 1 is 1.60 bits per heavy atom. The van der Waals surface area contributed by atoms with Gasteiger partial charge in [-0.15, -0.1) is 0 Å². The zero-order valence-electron chi connectivity index (χ0n) is 6.58. The lowest BCUT2D eigenvalue weighted by atomic mass is 10.2. The highest BCUT2D eigenvalue weighted by Crippen LogP contribution is 2.10. The van der Waals surface area contributed by atoms with E-state index >= 15 is 0 Å². The van der Waals surface area contributed by atoms with Crippen LogP contribution in [-0.2, 0) is 4.74 Å². The molecule has 0 spiro atoms. The molecule has 1 aliphatic heterocycles. The Hall–Kier alpha value is -0.120. The number of ether oxygens (including phenoxy) is 1. The molecule has 0 aromatic rings. The van der Waals surface area contributed by atoms with Crippen molar-refractivity contribution in [1.29, 1.82) is 0 Å². The van der Waals surface area contributed by atoms with Crippen molar-refractivity contribution in [2.24, 2.45) is 0 Å². The second-order valence-corrected chi connectivity index (χ2v) is 2.75. The molecule has 0 aliphatic carbocycles. The van der Waals surface area contributed by atoms with Crippen LogP contribution >= 0.6 is 0 Å². The highest BCUT2D eigenvalue weighted by molar-refractivity contribution is 4.80. The third-order valence-electron chi connectivity index (χ3n) is 2.09. The monoisotopic (exact) mass is 145 g/mol. The van der Waals surface area contributed by atoms with E-state index in [1.807, 2.05) is 7.05 Å². The zero-order chi connectivity index (χ0) is 7.56. The van der Waals surface area contributed by atoms with Crippen LogP contribution in [-0.4, -0.2) is 49.0 Å². The average molecular weight is 145 g/mol. The van der Waals surface area contributed by atoms with Crippen molar-refractivity contribution in [1.82, 2.24) is 4.90 Å². The first-order valence-corrected chi connectivity index (χ1v) is 3.71. The van der Waals surface area contributed by atoms with E-state index in [9.17, 15) is 5.11 Å². The summed E-state index contributed by atoms with van der Waals surface area (Å²) < 4.78 is 5.10. The number of hydrogen-bond donors (Lipinski definition) is 1. The van der Waals surface area contributed by atoms with Crippen LogP contribution in [0.1, 0.15) is 6.92 Å². The van der Waals surface area contributed by atoms with Crippen molar-refractivity contribution in [3.63, 3.8) is 0 Å². The van der Waals surface area contributed by atoms with Gasteiger partial charge in [-0.1, -0.05) is 6.92 Å². The van der Waals surface area contributed by atoms with Crippen LogP contribution in [0.15, 0.2) is 0 Å². The minimum absolute atomic E-state index is 0.213. The van der Waals surface area contributed by atoms with Gasteiger partial charge >= 0.3 is 0 Å². The minimum atomic E-state index is -0.287. The SMILES string of the molecule is CCN(C)C1COCC1O. The molecule has 0 aromatic heterocycles. The summed E-state index contributed by atoms with van der Waals surface area (Å²) in [5.74, 6) is 0. The molecule has 1 heterocycles. The Kier molecular flexibility index (Phi) is 2.65. The summed E-state index contributed by atoms with van der Waals surface area (Å²) in [7, 11) is 2.00. The summed E-state index contributed by atoms with van der Waals surface area (Å²) >= 11 is 0. The van der Waals surface area contributed by atoms with E-state index in [-0.39, 0.29) is 12.1 Å². The van der Waals surface area contributed by atoms with Crippen molar-refractivity contribution in [2.75, 3.05) is 26.8 Å². The van der Waals surface area contributed by atoms with Gasteiger partial charge < -0.3 is 9.84 Å². The van der Waals surface area contributed by atoms with Crippen LogP contribution in [0.4, 0.5) is 0 Å². The summed E-state index contributed by atoms with van der Waals surface area (Å²) in [5.41, 5.74) is 0. The van der Waals surface area contributed by atoms with E-state index in [1.54, 1.807) is 0 Å². The Bertz CT molecular complexity index is 108. The quantitative estimate of drug-likeness (QED) is 0.579. The van der Waals surface area contributed by atoms with E-state index in [0.29, 0.717) is 13.2 Å². The van der Waals surface area contributed by atoms with Crippen molar-refractivity contribution in [3.05, 3.63) is 0 Å². The molecule has 3 nitrogen and oxygen atoms in total. The molecule has 2 unspecified atom stereocenters. The standard InChI is InChI=1S/C7H15NO2/c1-3-8(2)6-4-10-5-7(6)9/h6-7,9H,3-5H2,1-2H3. The Labute approximate surface area is 61.6 Å². The highest BCUT2D eigenvalue weighted by atomic mass is 16.5. The molecule has 1 rings (SSSR count). The van der Waals surface area contributed by atoms with Gasteiger partial charge in [0.25, 0.3) is 0 Å². The normalized spacial score (nSPS) is 33.6. The van der Waals surface area contributed by atoms with Gasteiger partial charge in [0, 0.05) is 0 Å². The van der Waals surface area contributed by atoms with Crippen LogP contribution in [0.5, 0.6) is 0 Å². The molecule has 1 saturated heterocycles. The first kappa shape index (κ1) is 7.98. The van der Waals surface area contributed by atoms with Crippen LogP contribution in [0.25, 0.3) is 0 Å². The molecule has 60 valence electrons. The van der Waals surface area contributed by atoms with E-state index in [2.05, 4.69) is 11.8 Å². The maximum absolute atomic E-state index is 9.32. The van der Waals surface area contributed by atoms with Gasteiger partial charge in [-0.25, -0.2) is 0 Å². The van der Waals surface area contributed by atoms with Gasteiger partial charge in [0.05, 0.1) is 25.4 Å². The number of rotatable bonds is 2. The highest BCUT2D eigenvalue weighted by Gasteiger charge is 2.28. The van der Waals surface area contributed by atoms with Crippen molar-refractivity contribution < 1.29 is 9.84 Å². The Morgan fingerprint density at radius 3 is 2.70 bits per heavy atom.